The molecule has 156 valence electrons. The first kappa shape index (κ1) is 20.2. The lowest BCUT2D eigenvalue weighted by Crippen LogP contribution is -2.66. The number of aliphatic hydroxyl groups excluding tert-OH is 1. The molecule has 5 nitrogen and oxygen atoms in total. The Morgan fingerprint density at radius 1 is 1.31 bits per heavy atom. The SMILES string of the molecule is CC(=O)OCC(=O)C1=CC[C@@H]2[C@@H]3CCC4=CC(=O)C=C[C@]4(C)[C@@]3(F)[C@H](O)C[C@]12C. The van der Waals surface area contributed by atoms with Crippen LogP contribution in [0.4, 0.5) is 4.39 Å². The first-order valence-corrected chi connectivity index (χ1v) is 10.2. The predicted octanol–water partition coefficient (Wildman–Crippen LogP) is 3.03. The van der Waals surface area contributed by atoms with Gasteiger partial charge in [0.15, 0.2) is 23.8 Å². The van der Waals surface area contributed by atoms with Crippen LogP contribution in [0.3, 0.4) is 0 Å². The molecule has 0 bridgehead atoms. The van der Waals surface area contributed by atoms with Crippen molar-refractivity contribution >= 4 is 17.5 Å². The maximum absolute atomic E-state index is 16.8. The second-order valence-corrected chi connectivity index (χ2v) is 9.32. The van der Waals surface area contributed by atoms with Crippen LogP contribution in [0.15, 0.2) is 35.5 Å². The zero-order valence-electron chi connectivity index (χ0n) is 17.0. The first-order chi connectivity index (χ1) is 13.5. The Hall–Kier alpha value is -2.08. The highest BCUT2D eigenvalue weighted by Gasteiger charge is 2.69. The Kier molecular flexibility index (Phi) is 4.50. The minimum atomic E-state index is -1.90. The molecule has 0 aromatic heterocycles. The molecular weight excluding hydrogens is 375 g/mol. The number of esters is 1. The van der Waals surface area contributed by atoms with Crippen molar-refractivity contribution in [1.82, 2.24) is 0 Å². The quantitative estimate of drug-likeness (QED) is 0.734. The fourth-order valence-electron chi connectivity index (χ4n) is 6.46. The van der Waals surface area contributed by atoms with Gasteiger partial charge >= 0.3 is 5.97 Å². The molecule has 6 heteroatoms. The molecule has 0 saturated heterocycles. The van der Waals surface area contributed by atoms with Gasteiger partial charge in [-0.2, -0.15) is 0 Å². The molecule has 4 aliphatic rings. The minimum Gasteiger partial charge on any atom is -0.457 e. The van der Waals surface area contributed by atoms with Gasteiger partial charge < -0.3 is 9.84 Å². The van der Waals surface area contributed by atoms with Crippen molar-refractivity contribution in [2.24, 2.45) is 22.7 Å². The van der Waals surface area contributed by atoms with E-state index < -0.39 is 34.5 Å². The average molecular weight is 402 g/mol. The monoisotopic (exact) mass is 402 g/mol. The lowest BCUT2D eigenvalue weighted by Gasteiger charge is -2.61. The molecule has 0 aliphatic heterocycles. The van der Waals surface area contributed by atoms with Gasteiger partial charge in [0.2, 0.25) is 0 Å². The zero-order valence-corrected chi connectivity index (χ0v) is 17.0. The number of hydrogen-bond acceptors (Lipinski definition) is 5. The van der Waals surface area contributed by atoms with E-state index in [-0.39, 0.29) is 30.5 Å². The molecule has 4 aliphatic carbocycles. The number of rotatable bonds is 3. The van der Waals surface area contributed by atoms with Gasteiger partial charge in [0.05, 0.1) is 6.10 Å². The molecule has 0 radical (unpaired) electrons. The third-order valence-electron chi connectivity index (χ3n) is 7.93. The lowest BCUT2D eigenvalue weighted by molar-refractivity contribution is -0.185. The van der Waals surface area contributed by atoms with Crippen LogP contribution < -0.4 is 0 Å². The molecule has 0 aromatic rings. The van der Waals surface area contributed by atoms with E-state index in [1.807, 2.05) is 13.0 Å². The van der Waals surface area contributed by atoms with Gasteiger partial charge in [0, 0.05) is 29.2 Å². The zero-order chi connectivity index (χ0) is 21.2. The van der Waals surface area contributed by atoms with Crippen molar-refractivity contribution in [1.29, 1.82) is 0 Å². The number of fused-ring (bicyclic) bond motifs is 5. The van der Waals surface area contributed by atoms with E-state index >= 15 is 4.39 Å². The molecule has 0 heterocycles. The third kappa shape index (κ3) is 2.64. The van der Waals surface area contributed by atoms with Crippen LogP contribution in [0.1, 0.15) is 46.5 Å². The number of ether oxygens (including phenoxy) is 1. The summed E-state index contributed by atoms with van der Waals surface area (Å²) >= 11 is 0. The number of hydrogen-bond donors (Lipinski definition) is 1. The maximum Gasteiger partial charge on any atom is 0.303 e. The van der Waals surface area contributed by atoms with E-state index in [0.29, 0.717) is 24.8 Å². The largest absolute Gasteiger partial charge is 0.457 e. The third-order valence-corrected chi connectivity index (χ3v) is 7.93. The Bertz CT molecular complexity index is 886. The molecule has 0 aromatic carbocycles. The summed E-state index contributed by atoms with van der Waals surface area (Å²) in [7, 11) is 0. The number of carbonyl (C=O) groups excluding carboxylic acids is 3. The maximum atomic E-state index is 16.8. The smallest absolute Gasteiger partial charge is 0.303 e. The van der Waals surface area contributed by atoms with Crippen molar-refractivity contribution in [3.05, 3.63) is 35.5 Å². The highest BCUT2D eigenvalue weighted by atomic mass is 19.1. The number of Topliss-reactive ketones (excluding diaryl/α,β-unsaturated/α-hetero) is 1. The highest BCUT2D eigenvalue weighted by molar-refractivity contribution is 6.01. The van der Waals surface area contributed by atoms with Gasteiger partial charge in [-0.15, -0.1) is 0 Å². The van der Waals surface area contributed by atoms with Crippen LogP contribution in [-0.4, -0.2) is 41.0 Å². The van der Waals surface area contributed by atoms with E-state index in [1.165, 1.54) is 19.1 Å². The summed E-state index contributed by atoms with van der Waals surface area (Å²) in [5.74, 6) is -1.52. The fraction of sp³-hybridized carbons (Fsp3) is 0.609. The van der Waals surface area contributed by atoms with E-state index in [1.54, 1.807) is 13.0 Å². The van der Waals surface area contributed by atoms with E-state index in [9.17, 15) is 19.5 Å². The van der Waals surface area contributed by atoms with Crippen molar-refractivity contribution in [2.75, 3.05) is 6.61 Å². The molecule has 1 N–H and O–H groups in total. The summed E-state index contributed by atoms with van der Waals surface area (Å²) in [5.41, 5.74) is -2.33. The van der Waals surface area contributed by atoms with Crippen molar-refractivity contribution in [3.63, 3.8) is 0 Å². The van der Waals surface area contributed by atoms with Gasteiger partial charge in [-0.3, -0.25) is 14.4 Å². The van der Waals surface area contributed by atoms with Crippen molar-refractivity contribution in [2.45, 2.75) is 58.2 Å². The molecular formula is C23H27FO5. The number of allylic oxidation sites excluding steroid dienone is 5. The number of aliphatic hydroxyl groups is 1. The number of halogens is 1. The van der Waals surface area contributed by atoms with Gasteiger partial charge in [0.1, 0.15) is 0 Å². The Morgan fingerprint density at radius 3 is 2.72 bits per heavy atom. The molecule has 4 rings (SSSR count). The van der Waals surface area contributed by atoms with Crippen molar-refractivity contribution < 1.29 is 28.6 Å². The Morgan fingerprint density at radius 2 is 2.03 bits per heavy atom. The topological polar surface area (TPSA) is 80.7 Å². The molecule has 0 amide bonds. The molecule has 2 saturated carbocycles. The Balaban J connectivity index is 1.68. The van der Waals surface area contributed by atoms with Gasteiger partial charge in [0.25, 0.3) is 0 Å². The van der Waals surface area contributed by atoms with Crippen LogP contribution in [0, 0.1) is 22.7 Å². The predicted molar refractivity (Wildman–Crippen MR) is 103 cm³/mol. The molecule has 0 spiro atoms. The molecule has 6 atom stereocenters. The van der Waals surface area contributed by atoms with Crippen molar-refractivity contribution in [3.8, 4) is 0 Å². The van der Waals surface area contributed by atoms with Gasteiger partial charge in [-0.1, -0.05) is 24.6 Å². The van der Waals surface area contributed by atoms with E-state index in [4.69, 9.17) is 4.74 Å². The first-order valence-electron chi connectivity index (χ1n) is 10.2. The summed E-state index contributed by atoms with van der Waals surface area (Å²) in [4.78, 5) is 35.6. The van der Waals surface area contributed by atoms with E-state index in [0.717, 1.165) is 5.57 Å². The van der Waals surface area contributed by atoms with Crippen LogP contribution in [0.2, 0.25) is 0 Å². The fourth-order valence-corrected chi connectivity index (χ4v) is 6.46. The van der Waals surface area contributed by atoms with Gasteiger partial charge in [-0.05, 0) is 50.7 Å². The standard InChI is InChI=1S/C23H27FO5/c1-13(25)29-12-19(27)18-7-6-16-17-5-4-14-10-15(26)8-9-22(14,3)23(17,24)20(28)11-21(16,18)2/h7-10,16-17,20,28H,4-6,11-12H2,1-3H3/t16-,17+,20-,21+,22+,23+/m1/s1. The average Bonchev–Trinajstić information content (AvgIpc) is 2.98. The van der Waals surface area contributed by atoms with Crippen LogP contribution in [-0.2, 0) is 19.1 Å². The lowest BCUT2D eigenvalue weighted by atomic mass is 9.45. The normalized spacial score (nSPS) is 42.9. The highest BCUT2D eigenvalue weighted by Crippen LogP contribution is 2.67. The molecule has 29 heavy (non-hydrogen) atoms. The summed E-state index contributed by atoms with van der Waals surface area (Å²) in [6, 6.07) is 0. The second kappa shape index (κ2) is 6.46. The summed E-state index contributed by atoms with van der Waals surface area (Å²) < 4.78 is 21.7. The summed E-state index contributed by atoms with van der Waals surface area (Å²) in [5, 5.41) is 11.1. The molecule has 2 fully saturated rings. The van der Waals surface area contributed by atoms with Gasteiger partial charge in [-0.25, -0.2) is 4.39 Å². The van der Waals surface area contributed by atoms with Crippen LogP contribution in [0.25, 0.3) is 0 Å². The number of alkyl halides is 1. The second-order valence-electron chi connectivity index (χ2n) is 9.32. The number of ketones is 2. The van der Waals surface area contributed by atoms with E-state index in [2.05, 4.69) is 0 Å². The molecule has 0 unspecified atom stereocenters. The number of carbonyl (C=O) groups is 3. The Labute approximate surface area is 169 Å². The van der Waals surface area contributed by atoms with Crippen LogP contribution in [0.5, 0.6) is 0 Å². The van der Waals surface area contributed by atoms with Crippen LogP contribution >= 0.6 is 0 Å². The summed E-state index contributed by atoms with van der Waals surface area (Å²) in [6.45, 7) is 4.60. The summed E-state index contributed by atoms with van der Waals surface area (Å²) in [6.07, 6.45) is 6.89. The minimum absolute atomic E-state index is 0.118.